The molecule has 180 valence electrons. The molecule has 3 aromatic heterocycles. The number of nitrogens with two attached hydrogens (primary N) is 2. The van der Waals surface area contributed by atoms with E-state index in [9.17, 15) is 14.7 Å². The van der Waals surface area contributed by atoms with Gasteiger partial charge >= 0.3 is 0 Å². The Morgan fingerprint density at radius 2 is 1.74 bits per heavy atom. The topological polar surface area (TPSA) is 175 Å². The Hall–Kier alpha value is -4.16. The van der Waals surface area contributed by atoms with Crippen LogP contribution in [0.15, 0.2) is 42.5 Å². The number of benzene rings is 1. The Labute approximate surface area is 204 Å². The van der Waals surface area contributed by atoms with Gasteiger partial charge in [0.25, 0.3) is 11.8 Å². The summed E-state index contributed by atoms with van der Waals surface area (Å²) in [7, 11) is 0. The number of carbonyl (C=O) groups excluding carboxylic acids is 2. The minimum Gasteiger partial charge on any atom is -0.386 e. The standard InChI is InChI=1S/C23H24N8O3S/c1-12-17(19(24)32)29-30-31(12)11-15-5-4-6-16(26-15)27-22-18(20(25)33)28-21(35-22)13-7-9-14(10-8-13)23(2,3)34/h4-10,34H,11H2,1-3H3,(H2,24,32)(H2,25,33)(H,26,27). The van der Waals surface area contributed by atoms with Crippen molar-refractivity contribution in [3.05, 3.63) is 70.8 Å². The fourth-order valence-corrected chi connectivity index (χ4v) is 4.34. The van der Waals surface area contributed by atoms with Gasteiger partial charge in [0.1, 0.15) is 15.8 Å². The monoisotopic (exact) mass is 492 g/mol. The second-order valence-electron chi connectivity index (χ2n) is 8.38. The van der Waals surface area contributed by atoms with Gasteiger partial charge in [-0.3, -0.25) is 9.59 Å². The number of primary amides is 2. The number of amides is 2. The minimum atomic E-state index is -0.963. The van der Waals surface area contributed by atoms with Crippen molar-refractivity contribution < 1.29 is 14.7 Å². The van der Waals surface area contributed by atoms with Crippen LogP contribution < -0.4 is 16.8 Å². The highest BCUT2D eigenvalue weighted by Crippen LogP contribution is 2.34. The molecule has 35 heavy (non-hydrogen) atoms. The van der Waals surface area contributed by atoms with Crippen molar-refractivity contribution in [1.29, 1.82) is 0 Å². The van der Waals surface area contributed by atoms with E-state index >= 15 is 0 Å². The smallest absolute Gasteiger partial charge is 0.271 e. The number of carbonyl (C=O) groups is 2. The summed E-state index contributed by atoms with van der Waals surface area (Å²) in [6, 6.07) is 12.6. The maximum atomic E-state index is 12.1. The Morgan fingerprint density at radius 1 is 1.06 bits per heavy atom. The van der Waals surface area contributed by atoms with Crippen LogP contribution in [0.2, 0.25) is 0 Å². The normalized spacial score (nSPS) is 11.4. The molecule has 0 saturated heterocycles. The van der Waals surface area contributed by atoms with E-state index in [0.29, 0.717) is 27.2 Å². The van der Waals surface area contributed by atoms with Crippen LogP contribution in [0.1, 0.15) is 51.8 Å². The van der Waals surface area contributed by atoms with Gasteiger partial charge in [-0.25, -0.2) is 14.6 Å². The third-order valence-corrected chi connectivity index (χ3v) is 6.29. The maximum Gasteiger partial charge on any atom is 0.271 e. The lowest BCUT2D eigenvalue weighted by Gasteiger charge is -2.17. The van der Waals surface area contributed by atoms with Gasteiger partial charge in [0, 0.05) is 5.56 Å². The largest absolute Gasteiger partial charge is 0.386 e. The average molecular weight is 493 g/mol. The molecule has 0 bridgehead atoms. The Kier molecular flexibility index (Phi) is 6.33. The number of aliphatic hydroxyl groups is 1. The van der Waals surface area contributed by atoms with Gasteiger partial charge in [-0.1, -0.05) is 46.9 Å². The summed E-state index contributed by atoms with van der Waals surface area (Å²) >= 11 is 1.26. The van der Waals surface area contributed by atoms with Crippen LogP contribution in [0.25, 0.3) is 10.6 Å². The first kappa shape index (κ1) is 24.0. The van der Waals surface area contributed by atoms with Gasteiger partial charge in [-0.15, -0.1) is 5.10 Å². The second kappa shape index (κ2) is 9.24. The molecule has 3 heterocycles. The zero-order valence-corrected chi connectivity index (χ0v) is 20.1. The highest BCUT2D eigenvalue weighted by Gasteiger charge is 2.20. The van der Waals surface area contributed by atoms with Crippen molar-refractivity contribution in [1.82, 2.24) is 25.0 Å². The first-order valence-electron chi connectivity index (χ1n) is 10.6. The molecule has 0 unspecified atom stereocenters. The van der Waals surface area contributed by atoms with Crippen LogP contribution >= 0.6 is 11.3 Å². The molecule has 4 aromatic rings. The van der Waals surface area contributed by atoms with E-state index in [-0.39, 0.29) is 17.9 Å². The zero-order valence-electron chi connectivity index (χ0n) is 19.3. The van der Waals surface area contributed by atoms with Gasteiger partial charge in [0.2, 0.25) is 0 Å². The van der Waals surface area contributed by atoms with E-state index in [1.165, 1.54) is 16.0 Å². The first-order chi connectivity index (χ1) is 16.5. The van der Waals surface area contributed by atoms with Gasteiger partial charge in [0.15, 0.2) is 11.4 Å². The molecule has 0 fully saturated rings. The van der Waals surface area contributed by atoms with Gasteiger partial charge in [0.05, 0.1) is 23.5 Å². The summed E-state index contributed by atoms with van der Waals surface area (Å²) in [5, 5.41) is 22.1. The number of nitrogens with zero attached hydrogens (tertiary/aromatic N) is 5. The van der Waals surface area contributed by atoms with Crippen molar-refractivity contribution >= 4 is 34.0 Å². The predicted octanol–water partition coefficient (Wildman–Crippen LogP) is 2.32. The molecule has 0 spiro atoms. The van der Waals surface area contributed by atoms with Crippen LogP contribution in [-0.2, 0) is 12.1 Å². The fraction of sp³-hybridized carbons (Fsp3) is 0.217. The molecule has 0 saturated carbocycles. The Morgan fingerprint density at radius 3 is 2.34 bits per heavy atom. The summed E-state index contributed by atoms with van der Waals surface area (Å²) in [5.74, 6) is -0.839. The molecular weight excluding hydrogens is 468 g/mol. The summed E-state index contributed by atoms with van der Waals surface area (Å²) in [6.07, 6.45) is 0. The fourth-order valence-electron chi connectivity index (χ4n) is 3.36. The number of hydrogen-bond donors (Lipinski definition) is 4. The van der Waals surface area contributed by atoms with Crippen LogP contribution in [0.5, 0.6) is 0 Å². The molecule has 4 rings (SSSR count). The van der Waals surface area contributed by atoms with Crippen molar-refractivity contribution in [3.63, 3.8) is 0 Å². The number of nitrogens with one attached hydrogen (secondary N) is 1. The predicted molar refractivity (Wildman–Crippen MR) is 131 cm³/mol. The first-order valence-corrected chi connectivity index (χ1v) is 11.4. The molecule has 0 aliphatic carbocycles. The molecule has 0 aliphatic rings. The second-order valence-corrected chi connectivity index (χ2v) is 9.38. The van der Waals surface area contributed by atoms with Crippen molar-refractivity contribution in [2.75, 3.05) is 5.32 Å². The summed E-state index contributed by atoms with van der Waals surface area (Å²) in [6.45, 7) is 5.39. The van der Waals surface area contributed by atoms with Crippen LogP contribution in [-0.4, -0.2) is 41.9 Å². The lowest BCUT2D eigenvalue weighted by atomic mass is 9.97. The number of anilines is 2. The van der Waals surface area contributed by atoms with E-state index in [1.807, 2.05) is 24.3 Å². The number of hydrogen-bond acceptors (Lipinski definition) is 9. The quantitative estimate of drug-likeness (QED) is 0.290. The van der Waals surface area contributed by atoms with E-state index in [4.69, 9.17) is 11.5 Å². The van der Waals surface area contributed by atoms with Crippen molar-refractivity contribution in [2.45, 2.75) is 32.9 Å². The van der Waals surface area contributed by atoms with Gasteiger partial charge < -0.3 is 21.9 Å². The molecule has 1 aromatic carbocycles. The van der Waals surface area contributed by atoms with Crippen molar-refractivity contribution in [2.24, 2.45) is 11.5 Å². The van der Waals surface area contributed by atoms with E-state index in [0.717, 1.165) is 11.1 Å². The molecule has 0 aliphatic heterocycles. The summed E-state index contributed by atoms with van der Waals surface area (Å²) < 4.78 is 1.53. The average Bonchev–Trinajstić information content (AvgIpc) is 3.37. The van der Waals surface area contributed by atoms with Crippen LogP contribution in [0, 0.1) is 6.92 Å². The van der Waals surface area contributed by atoms with E-state index < -0.39 is 17.4 Å². The highest BCUT2D eigenvalue weighted by molar-refractivity contribution is 7.19. The Bertz CT molecular complexity index is 1400. The number of thiazole rings is 1. The molecule has 2 amide bonds. The van der Waals surface area contributed by atoms with Gasteiger partial charge in [-0.2, -0.15) is 0 Å². The van der Waals surface area contributed by atoms with E-state index in [1.54, 1.807) is 39.0 Å². The highest BCUT2D eigenvalue weighted by atomic mass is 32.1. The third kappa shape index (κ3) is 5.18. The van der Waals surface area contributed by atoms with E-state index in [2.05, 4.69) is 25.6 Å². The summed E-state index contributed by atoms with van der Waals surface area (Å²) in [4.78, 5) is 32.5. The lowest BCUT2D eigenvalue weighted by Crippen LogP contribution is -2.15. The van der Waals surface area contributed by atoms with Gasteiger partial charge in [-0.05, 0) is 38.5 Å². The molecule has 0 radical (unpaired) electrons. The third-order valence-electron chi connectivity index (χ3n) is 5.27. The number of aromatic nitrogens is 5. The SMILES string of the molecule is Cc1c(C(N)=O)nnn1Cc1cccc(Nc2sc(-c3ccc(C(C)(C)O)cc3)nc2C(N)=O)n1. The summed E-state index contributed by atoms with van der Waals surface area (Å²) in [5.41, 5.74) is 12.9. The molecule has 11 nitrogen and oxygen atoms in total. The molecule has 0 atom stereocenters. The molecule has 12 heteroatoms. The Balaban J connectivity index is 1.59. The molecular formula is C23H24N8O3S. The number of pyridine rings is 1. The van der Waals surface area contributed by atoms with Crippen LogP contribution in [0.3, 0.4) is 0 Å². The van der Waals surface area contributed by atoms with Crippen LogP contribution in [0.4, 0.5) is 10.8 Å². The maximum absolute atomic E-state index is 12.1. The van der Waals surface area contributed by atoms with Crippen molar-refractivity contribution in [3.8, 4) is 10.6 Å². The number of rotatable bonds is 8. The molecule has 6 N–H and O–H groups in total. The zero-order chi connectivity index (χ0) is 25.3. The lowest BCUT2D eigenvalue weighted by molar-refractivity contribution is 0.0786. The minimum absolute atomic E-state index is 0.0991.